The molecule has 0 radical (unpaired) electrons. The topological polar surface area (TPSA) is 40.5 Å². The third kappa shape index (κ3) is 4.00. The van der Waals surface area contributed by atoms with Crippen molar-refractivity contribution in [2.75, 3.05) is 25.0 Å². The normalized spacial score (nSPS) is 19.5. The monoisotopic (exact) mass is 352 g/mol. The lowest BCUT2D eigenvalue weighted by molar-refractivity contribution is 0.260. The first-order valence-corrected chi connectivity index (χ1v) is 9.98. The molecule has 0 atom stereocenters. The average Bonchev–Trinajstić information content (AvgIpc) is 2.68. The van der Waals surface area contributed by atoms with Gasteiger partial charge < -0.3 is 10.2 Å². The van der Waals surface area contributed by atoms with Crippen LogP contribution in [0.4, 0.5) is 5.82 Å². The third-order valence-electron chi connectivity index (χ3n) is 5.82. The number of aryl methyl sites for hydroxylation is 1. The highest BCUT2D eigenvalue weighted by molar-refractivity contribution is 5.99. The summed E-state index contributed by atoms with van der Waals surface area (Å²) in [6, 6.07) is 4.54. The van der Waals surface area contributed by atoms with E-state index in [4.69, 9.17) is 4.98 Å². The van der Waals surface area contributed by atoms with Crippen LogP contribution < -0.4 is 5.32 Å². The fourth-order valence-corrected chi connectivity index (χ4v) is 4.26. The first-order chi connectivity index (χ1) is 12.6. The highest BCUT2D eigenvalue weighted by Gasteiger charge is 2.24. The second kappa shape index (κ2) is 8.52. The molecule has 0 aromatic carbocycles. The number of hydrogen-bond acceptors (Lipinski definition) is 4. The smallest absolute Gasteiger partial charge is 0.129 e. The zero-order valence-electron chi connectivity index (χ0n) is 16.5. The van der Waals surface area contributed by atoms with Gasteiger partial charge in [0, 0.05) is 48.9 Å². The summed E-state index contributed by atoms with van der Waals surface area (Å²) < 4.78 is 0. The fourth-order valence-electron chi connectivity index (χ4n) is 4.26. The van der Waals surface area contributed by atoms with Gasteiger partial charge in [0.2, 0.25) is 0 Å². The number of aromatic nitrogens is 1. The summed E-state index contributed by atoms with van der Waals surface area (Å²) in [6.45, 7) is 13.5. The van der Waals surface area contributed by atoms with Crippen LogP contribution in [0.2, 0.25) is 0 Å². The Labute approximate surface area is 158 Å². The molecule has 2 aliphatic rings. The molecule has 0 unspecified atom stereocenters. The molecule has 0 spiro atoms. The molecule has 3 rings (SSSR count). The Balaban J connectivity index is 1.69. The van der Waals surface area contributed by atoms with Crippen LogP contribution in [0.25, 0.3) is 0 Å². The van der Waals surface area contributed by atoms with Crippen molar-refractivity contribution in [3.05, 3.63) is 47.4 Å². The van der Waals surface area contributed by atoms with Crippen molar-refractivity contribution in [1.29, 1.82) is 0 Å². The minimum atomic E-state index is 0.570. The Morgan fingerprint density at radius 2 is 2.12 bits per heavy atom. The van der Waals surface area contributed by atoms with Gasteiger partial charge in [-0.25, -0.2) is 4.98 Å². The van der Waals surface area contributed by atoms with E-state index >= 15 is 0 Å². The van der Waals surface area contributed by atoms with Crippen molar-refractivity contribution in [1.82, 2.24) is 9.88 Å². The lowest BCUT2D eigenvalue weighted by Gasteiger charge is -2.35. The molecule has 1 saturated heterocycles. The number of hydrogen-bond donors (Lipinski definition) is 1. The van der Waals surface area contributed by atoms with Gasteiger partial charge in [0.1, 0.15) is 5.82 Å². The lowest BCUT2D eigenvalue weighted by Crippen LogP contribution is -2.33. The van der Waals surface area contributed by atoms with E-state index < -0.39 is 0 Å². The number of aliphatic imine (C=N–C) groups is 1. The SMILES string of the molecule is C=CN=C(C)/C(CC)=C(\C)N1CCC(c2ccc3c(n2)NCCC3)CC1. The van der Waals surface area contributed by atoms with Crippen LogP contribution in [0.1, 0.15) is 63.6 Å². The summed E-state index contributed by atoms with van der Waals surface area (Å²) in [5.74, 6) is 1.69. The van der Waals surface area contributed by atoms with E-state index in [1.165, 1.54) is 28.9 Å². The Hall–Kier alpha value is -2.10. The van der Waals surface area contributed by atoms with E-state index in [1.54, 1.807) is 6.20 Å². The van der Waals surface area contributed by atoms with Gasteiger partial charge >= 0.3 is 0 Å². The predicted octanol–water partition coefficient (Wildman–Crippen LogP) is 4.91. The quantitative estimate of drug-likeness (QED) is 0.766. The predicted molar refractivity (Wildman–Crippen MR) is 111 cm³/mol. The van der Waals surface area contributed by atoms with Crippen molar-refractivity contribution >= 4 is 11.5 Å². The first kappa shape index (κ1) is 18.7. The number of anilines is 1. The van der Waals surface area contributed by atoms with Gasteiger partial charge in [0.15, 0.2) is 0 Å². The first-order valence-electron chi connectivity index (χ1n) is 9.98. The van der Waals surface area contributed by atoms with Crippen molar-refractivity contribution < 1.29 is 0 Å². The largest absolute Gasteiger partial charge is 0.375 e. The van der Waals surface area contributed by atoms with Gasteiger partial charge in [0.05, 0.1) is 0 Å². The van der Waals surface area contributed by atoms with Gasteiger partial charge in [-0.1, -0.05) is 19.6 Å². The van der Waals surface area contributed by atoms with Crippen molar-refractivity contribution in [2.24, 2.45) is 4.99 Å². The fraction of sp³-hybridized carbons (Fsp3) is 0.545. The van der Waals surface area contributed by atoms with E-state index in [1.807, 2.05) is 0 Å². The van der Waals surface area contributed by atoms with Crippen LogP contribution in [0, 0.1) is 0 Å². The summed E-state index contributed by atoms with van der Waals surface area (Å²) in [4.78, 5) is 11.9. The molecule has 26 heavy (non-hydrogen) atoms. The van der Waals surface area contributed by atoms with E-state index in [2.05, 4.69) is 54.7 Å². The minimum absolute atomic E-state index is 0.570. The summed E-state index contributed by atoms with van der Waals surface area (Å²) >= 11 is 0. The molecule has 1 aromatic rings. The summed E-state index contributed by atoms with van der Waals surface area (Å²) in [5, 5.41) is 3.47. The maximum atomic E-state index is 4.94. The van der Waals surface area contributed by atoms with E-state index in [-0.39, 0.29) is 0 Å². The van der Waals surface area contributed by atoms with Crippen molar-refractivity contribution in [3.63, 3.8) is 0 Å². The molecular formula is C22H32N4. The van der Waals surface area contributed by atoms with Crippen molar-refractivity contribution in [3.8, 4) is 0 Å². The van der Waals surface area contributed by atoms with E-state index in [0.29, 0.717) is 5.92 Å². The van der Waals surface area contributed by atoms with Gasteiger partial charge in [-0.3, -0.25) is 4.99 Å². The molecule has 0 amide bonds. The molecule has 4 heteroatoms. The Bertz CT molecular complexity index is 709. The highest BCUT2D eigenvalue weighted by Crippen LogP contribution is 2.31. The summed E-state index contributed by atoms with van der Waals surface area (Å²) in [5.41, 5.74) is 6.44. The number of piperidine rings is 1. The average molecular weight is 353 g/mol. The third-order valence-corrected chi connectivity index (χ3v) is 5.82. The van der Waals surface area contributed by atoms with Crippen LogP contribution in [-0.4, -0.2) is 35.2 Å². The molecule has 4 nitrogen and oxygen atoms in total. The maximum absolute atomic E-state index is 4.94. The minimum Gasteiger partial charge on any atom is -0.375 e. The van der Waals surface area contributed by atoms with Crippen LogP contribution in [0.3, 0.4) is 0 Å². The summed E-state index contributed by atoms with van der Waals surface area (Å²) in [7, 11) is 0. The number of nitrogens with one attached hydrogen (secondary N) is 1. The Morgan fingerprint density at radius 1 is 1.35 bits per heavy atom. The van der Waals surface area contributed by atoms with Crippen LogP contribution in [0.5, 0.6) is 0 Å². The zero-order valence-corrected chi connectivity index (χ0v) is 16.5. The van der Waals surface area contributed by atoms with Gasteiger partial charge in [-0.15, -0.1) is 0 Å². The highest BCUT2D eigenvalue weighted by atomic mass is 15.1. The maximum Gasteiger partial charge on any atom is 0.129 e. The molecule has 1 fully saturated rings. The standard InChI is InChI=1S/C22H32N4/c1-5-20(16(3)23-6-2)17(4)26-14-11-18(12-15-26)21-10-9-19-8-7-13-24-22(19)25-21/h6,9-10,18H,2,5,7-8,11-15H2,1,3-4H3,(H,24,25)/b20-17+,23-16?. The molecule has 3 heterocycles. The Kier molecular flexibility index (Phi) is 6.12. The van der Waals surface area contributed by atoms with Crippen LogP contribution in [-0.2, 0) is 6.42 Å². The molecule has 2 aliphatic heterocycles. The molecule has 1 aromatic heterocycles. The molecular weight excluding hydrogens is 320 g/mol. The van der Waals surface area contributed by atoms with E-state index in [9.17, 15) is 0 Å². The van der Waals surface area contributed by atoms with Gasteiger partial charge in [0.25, 0.3) is 0 Å². The molecule has 0 saturated carbocycles. The molecule has 1 N–H and O–H groups in total. The van der Waals surface area contributed by atoms with Gasteiger partial charge in [-0.05, 0) is 63.2 Å². The second-order valence-electron chi connectivity index (χ2n) is 7.35. The molecule has 140 valence electrons. The number of allylic oxidation sites excluding steroid dienone is 2. The van der Waals surface area contributed by atoms with Crippen LogP contribution in [0.15, 0.2) is 41.2 Å². The number of rotatable bonds is 5. The number of likely N-dealkylation sites (tertiary alicyclic amines) is 1. The van der Waals surface area contributed by atoms with E-state index in [0.717, 1.165) is 56.8 Å². The number of fused-ring (bicyclic) bond motifs is 1. The number of nitrogens with zero attached hydrogens (tertiary/aromatic N) is 3. The summed E-state index contributed by atoms with van der Waals surface area (Å²) in [6.07, 6.45) is 7.35. The van der Waals surface area contributed by atoms with Crippen molar-refractivity contribution in [2.45, 2.75) is 58.8 Å². The Morgan fingerprint density at radius 3 is 2.81 bits per heavy atom. The molecule has 0 aliphatic carbocycles. The van der Waals surface area contributed by atoms with Gasteiger partial charge in [-0.2, -0.15) is 0 Å². The van der Waals surface area contributed by atoms with Crippen LogP contribution >= 0.6 is 0 Å². The molecule has 0 bridgehead atoms. The second-order valence-corrected chi connectivity index (χ2v) is 7.35. The number of pyridine rings is 1. The lowest BCUT2D eigenvalue weighted by atomic mass is 9.91. The zero-order chi connectivity index (χ0) is 18.5.